The second kappa shape index (κ2) is 9.67. The van der Waals surface area contributed by atoms with Crippen LogP contribution in [0.4, 0.5) is 4.79 Å². The summed E-state index contributed by atoms with van der Waals surface area (Å²) in [4.78, 5) is 23.9. The Balaban J connectivity index is 1.37. The van der Waals surface area contributed by atoms with Crippen LogP contribution in [0.25, 0.3) is 0 Å². The Morgan fingerprint density at radius 3 is 2.75 bits per heavy atom. The maximum atomic E-state index is 12.5. The number of carbonyl (C=O) groups is 1. The molecule has 2 unspecified atom stereocenters. The minimum atomic E-state index is -0.475. The summed E-state index contributed by atoms with van der Waals surface area (Å²) in [5.41, 5.74) is 2.12. The molecule has 32 heavy (non-hydrogen) atoms. The fourth-order valence-corrected chi connectivity index (χ4v) is 4.64. The number of benzene rings is 1. The van der Waals surface area contributed by atoms with Gasteiger partial charge in [-0.05, 0) is 33.3 Å². The lowest BCUT2D eigenvalue weighted by Gasteiger charge is -2.40. The van der Waals surface area contributed by atoms with Crippen LogP contribution in [-0.2, 0) is 9.47 Å². The lowest BCUT2D eigenvalue weighted by Crippen LogP contribution is -2.58. The lowest BCUT2D eigenvalue weighted by atomic mass is 10.0. The number of nitrogens with zero attached hydrogens (tertiary/aromatic N) is 4. The Kier molecular flexibility index (Phi) is 6.90. The van der Waals surface area contributed by atoms with Gasteiger partial charge in [0.05, 0.1) is 31.8 Å². The average molecular weight is 444 g/mol. The van der Waals surface area contributed by atoms with E-state index in [1.807, 2.05) is 25.7 Å². The van der Waals surface area contributed by atoms with E-state index in [2.05, 4.69) is 46.3 Å². The zero-order valence-corrected chi connectivity index (χ0v) is 19.8. The standard InChI is InChI=1S/C24H37N5O3/c1-18-6-5-7-19(14-18)21(27-10-12-31-13-11-27)16-26-22-25-15-20-17-28(8-9-29(20)22)23(30)32-24(2,3)4/h5-7,14,20-21H,8-13,15-17H2,1-4H3,(H,25,26). The molecule has 0 bridgehead atoms. The highest BCUT2D eigenvalue weighted by Gasteiger charge is 2.36. The van der Waals surface area contributed by atoms with E-state index in [1.165, 1.54) is 11.1 Å². The highest BCUT2D eigenvalue weighted by molar-refractivity contribution is 5.82. The molecule has 1 aromatic rings. The van der Waals surface area contributed by atoms with E-state index in [4.69, 9.17) is 14.5 Å². The molecule has 3 aliphatic heterocycles. The zero-order valence-electron chi connectivity index (χ0n) is 19.8. The summed E-state index contributed by atoms with van der Waals surface area (Å²) in [5.74, 6) is 0.949. The molecule has 2 saturated heterocycles. The third-order valence-electron chi connectivity index (χ3n) is 6.23. The molecule has 8 nitrogen and oxygen atoms in total. The van der Waals surface area contributed by atoms with Crippen molar-refractivity contribution in [1.82, 2.24) is 20.0 Å². The summed E-state index contributed by atoms with van der Waals surface area (Å²) >= 11 is 0. The third kappa shape index (κ3) is 5.53. The summed E-state index contributed by atoms with van der Waals surface area (Å²) in [6, 6.07) is 9.25. The van der Waals surface area contributed by atoms with Crippen molar-refractivity contribution in [3.63, 3.8) is 0 Å². The van der Waals surface area contributed by atoms with Crippen molar-refractivity contribution in [3.8, 4) is 0 Å². The Bertz CT molecular complexity index is 831. The summed E-state index contributed by atoms with van der Waals surface area (Å²) in [7, 11) is 0. The summed E-state index contributed by atoms with van der Waals surface area (Å²) in [5, 5.41) is 3.64. The fraction of sp³-hybridized carbons (Fsp3) is 0.667. The van der Waals surface area contributed by atoms with Crippen molar-refractivity contribution >= 4 is 12.1 Å². The minimum absolute atomic E-state index is 0.208. The van der Waals surface area contributed by atoms with E-state index in [0.29, 0.717) is 19.6 Å². The topological polar surface area (TPSA) is 69.6 Å². The number of morpholine rings is 1. The van der Waals surface area contributed by atoms with Gasteiger partial charge < -0.3 is 24.6 Å². The van der Waals surface area contributed by atoms with Crippen LogP contribution in [0.5, 0.6) is 0 Å². The second-order valence-electron chi connectivity index (χ2n) is 9.90. The van der Waals surface area contributed by atoms with Crippen molar-refractivity contribution in [2.24, 2.45) is 4.99 Å². The fourth-order valence-electron chi connectivity index (χ4n) is 4.64. The third-order valence-corrected chi connectivity index (χ3v) is 6.23. The Labute approximate surface area is 191 Å². The van der Waals surface area contributed by atoms with Crippen molar-refractivity contribution in [2.75, 3.05) is 59.0 Å². The van der Waals surface area contributed by atoms with Gasteiger partial charge in [-0.2, -0.15) is 0 Å². The molecule has 0 radical (unpaired) electrons. The lowest BCUT2D eigenvalue weighted by molar-refractivity contribution is 0.0129. The first-order valence-electron chi connectivity index (χ1n) is 11.7. The molecule has 176 valence electrons. The molecule has 4 rings (SSSR count). The predicted molar refractivity (Wildman–Crippen MR) is 125 cm³/mol. The first-order chi connectivity index (χ1) is 15.3. The molecule has 8 heteroatoms. The van der Waals surface area contributed by atoms with E-state index in [1.54, 1.807) is 0 Å². The Morgan fingerprint density at radius 1 is 1.25 bits per heavy atom. The highest BCUT2D eigenvalue weighted by Crippen LogP contribution is 2.24. The van der Waals surface area contributed by atoms with Gasteiger partial charge in [0.15, 0.2) is 5.96 Å². The maximum absolute atomic E-state index is 12.5. The number of hydrogen-bond acceptors (Lipinski definition) is 7. The van der Waals surface area contributed by atoms with E-state index in [-0.39, 0.29) is 18.2 Å². The Morgan fingerprint density at radius 2 is 2.03 bits per heavy atom. The predicted octanol–water partition coefficient (Wildman–Crippen LogP) is 2.25. The maximum Gasteiger partial charge on any atom is 0.410 e. The van der Waals surface area contributed by atoms with Gasteiger partial charge in [-0.15, -0.1) is 0 Å². The van der Waals surface area contributed by atoms with Crippen LogP contribution in [0.2, 0.25) is 0 Å². The van der Waals surface area contributed by atoms with Gasteiger partial charge in [0.2, 0.25) is 0 Å². The summed E-state index contributed by atoms with van der Waals surface area (Å²) < 4.78 is 11.1. The molecular weight excluding hydrogens is 406 g/mol. The number of carbonyl (C=O) groups excluding carboxylic acids is 1. The van der Waals surface area contributed by atoms with Gasteiger partial charge in [0.1, 0.15) is 5.60 Å². The van der Waals surface area contributed by atoms with Gasteiger partial charge >= 0.3 is 6.09 Å². The number of aryl methyl sites for hydroxylation is 1. The molecule has 1 amide bonds. The van der Waals surface area contributed by atoms with E-state index in [0.717, 1.165) is 45.4 Å². The normalized spacial score (nSPS) is 22.9. The number of rotatable bonds is 4. The molecule has 0 spiro atoms. The number of piperazine rings is 1. The molecule has 3 aliphatic rings. The van der Waals surface area contributed by atoms with Gasteiger partial charge in [-0.25, -0.2) is 4.79 Å². The van der Waals surface area contributed by atoms with Gasteiger partial charge in [-0.3, -0.25) is 9.89 Å². The molecule has 3 heterocycles. The molecule has 0 saturated carbocycles. The molecule has 2 atom stereocenters. The van der Waals surface area contributed by atoms with Gasteiger partial charge in [0, 0.05) is 39.3 Å². The molecule has 0 aliphatic carbocycles. The highest BCUT2D eigenvalue weighted by atomic mass is 16.6. The molecule has 1 aromatic carbocycles. The van der Waals surface area contributed by atoms with Crippen molar-refractivity contribution in [3.05, 3.63) is 35.4 Å². The quantitative estimate of drug-likeness (QED) is 0.770. The van der Waals surface area contributed by atoms with E-state index < -0.39 is 5.60 Å². The smallest absolute Gasteiger partial charge is 0.410 e. The van der Waals surface area contributed by atoms with Gasteiger partial charge in [-0.1, -0.05) is 29.8 Å². The largest absolute Gasteiger partial charge is 0.444 e. The van der Waals surface area contributed by atoms with Crippen LogP contribution in [0.1, 0.15) is 37.9 Å². The monoisotopic (exact) mass is 443 g/mol. The summed E-state index contributed by atoms with van der Waals surface area (Å²) in [6.45, 7) is 14.8. The number of fused-ring (bicyclic) bond motifs is 1. The minimum Gasteiger partial charge on any atom is -0.444 e. The van der Waals surface area contributed by atoms with Crippen LogP contribution in [0.3, 0.4) is 0 Å². The van der Waals surface area contributed by atoms with Crippen LogP contribution in [-0.4, -0.2) is 97.4 Å². The molecular formula is C24H37N5O3. The Hall–Kier alpha value is -2.32. The van der Waals surface area contributed by atoms with Crippen molar-refractivity contribution < 1.29 is 14.3 Å². The number of amides is 1. The van der Waals surface area contributed by atoms with Crippen LogP contribution in [0, 0.1) is 6.92 Å². The first kappa shape index (κ1) is 22.9. The van der Waals surface area contributed by atoms with Crippen molar-refractivity contribution in [2.45, 2.75) is 45.4 Å². The SMILES string of the molecule is Cc1cccc(C(CNC2=NCC3CN(C(=O)OC(C)(C)C)CCN23)N2CCOCC2)c1. The number of aliphatic imine (C=N–C) groups is 1. The van der Waals surface area contributed by atoms with E-state index in [9.17, 15) is 4.79 Å². The number of nitrogens with one attached hydrogen (secondary N) is 1. The first-order valence-corrected chi connectivity index (χ1v) is 11.7. The van der Waals surface area contributed by atoms with Crippen molar-refractivity contribution in [1.29, 1.82) is 0 Å². The number of hydrogen-bond donors (Lipinski definition) is 1. The zero-order chi connectivity index (χ0) is 22.7. The molecule has 1 N–H and O–H groups in total. The second-order valence-corrected chi connectivity index (χ2v) is 9.90. The summed E-state index contributed by atoms with van der Waals surface area (Å²) in [6.07, 6.45) is -0.231. The number of ether oxygens (including phenoxy) is 2. The van der Waals surface area contributed by atoms with Crippen LogP contribution >= 0.6 is 0 Å². The number of guanidine groups is 1. The molecule has 0 aromatic heterocycles. The van der Waals surface area contributed by atoms with E-state index >= 15 is 0 Å². The average Bonchev–Trinajstić information content (AvgIpc) is 3.16. The van der Waals surface area contributed by atoms with Crippen LogP contribution < -0.4 is 5.32 Å². The van der Waals surface area contributed by atoms with Gasteiger partial charge in [0.25, 0.3) is 0 Å². The molecule has 2 fully saturated rings. The van der Waals surface area contributed by atoms with Crippen LogP contribution in [0.15, 0.2) is 29.3 Å².